The second kappa shape index (κ2) is 12.4. The molecule has 11 heteroatoms. The molecule has 2 atom stereocenters. The van der Waals surface area contributed by atoms with E-state index in [0.717, 1.165) is 62.2 Å². The molecule has 0 amide bonds. The Morgan fingerprint density at radius 1 is 1.00 bits per heavy atom. The zero-order valence-electron chi connectivity index (χ0n) is 27.1. The Hall–Kier alpha value is -3.80. The van der Waals surface area contributed by atoms with E-state index in [2.05, 4.69) is 62.2 Å². The fourth-order valence-corrected chi connectivity index (χ4v) is 9.34. The van der Waals surface area contributed by atoms with Crippen LogP contribution in [0.3, 0.4) is 0 Å². The van der Waals surface area contributed by atoms with Gasteiger partial charge >= 0.3 is 0 Å². The number of nitrogens with zero attached hydrogens (tertiary/aromatic N) is 7. The largest absolute Gasteiger partial charge is 0.369 e. The average molecular weight is 641 g/mol. The number of aryl methyl sites for hydroxylation is 2. The number of likely N-dealkylation sites (tertiary alicyclic amines) is 1. The molecule has 0 aliphatic carbocycles. The summed E-state index contributed by atoms with van der Waals surface area (Å²) in [6.07, 6.45) is 7.71. The summed E-state index contributed by atoms with van der Waals surface area (Å²) >= 11 is 0. The van der Waals surface area contributed by atoms with Gasteiger partial charge in [0.05, 0.1) is 11.3 Å². The molecule has 3 saturated heterocycles. The normalized spacial score (nSPS) is 20.9. The van der Waals surface area contributed by atoms with Crippen molar-refractivity contribution < 1.29 is 4.21 Å². The Morgan fingerprint density at radius 3 is 2.52 bits per heavy atom. The molecule has 3 aromatic heterocycles. The number of benzene rings is 1. The van der Waals surface area contributed by atoms with Crippen LogP contribution < -0.4 is 15.8 Å². The number of aromatic nitrogens is 4. The molecule has 0 bridgehead atoms. The molecular weight excluding hydrogens is 597 g/mol. The van der Waals surface area contributed by atoms with Gasteiger partial charge in [0, 0.05) is 81.0 Å². The SMILES string of the molecule is C=S(=O)(c1cnc(-c2cc3cnc(Nc4ccc(N5CCN6CCCC6C5)cc4)nc3n(CC)c2=O)c(C)c1)C1CCN(C)CC1. The Morgan fingerprint density at radius 2 is 1.78 bits per heavy atom. The summed E-state index contributed by atoms with van der Waals surface area (Å²) in [6, 6.07) is 12.8. The van der Waals surface area contributed by atoms with Crippen molar-refractivity contribution in [2.75, 3.05) is 56.5 Å². The highest BCUT2D eigenvalue weighted by Crippen LogP contribution is 2.30. The maximum atomic E-state index is 13.8. The molecule has 4 aromatic rings. The van der Waals surface area contributed by atoms with Crippen molar-refractivity contribution in [3.8, 4) is 11.3 Å². The molecule has 3 aliphatic heterocycles. The molecule has 1 N–H and O–H groups in total. The summed E-state index contributed by atoms with van der Waals surface area (Å²) < 4.78 is 15.5. The van der Waals surface area contributed by atoms with Gasteiger partial charge in [-0.2, -0.15) is 4.98 Å². The lowest BCUT2D eigenvalue weighted by Crippen LogP contribution is -2.50. The summed E-state index contributed by atoms with van der Waals surface area (Å²) in [5.41, 5.74) is 4.39. The molecule has 0 saturated carbocycles. The molecule has 46 heavy (non-hydrogen) atoms. The minimum atomic E-state index is -2.51. The second-order valence-electron chi connectivity index (χ2n) is 13.1. The smallest absolute Gasteiger partial charge is 0.261 e. The number of nitrogens with one attached hydrogen (secondary N) is 1. The van der Waals surface area contributed by atoms with Gasteiger partial charge in [0.2, 0.25) is 5.95 Å². The number of pyridine rings is 2. The molecule has 6 heterocycles. The second-order valence-corrected chi connectivity index (χ2v) is 15.7. The van der Waals surface area contributed by atoms with Crippen LogP contribution >= 0.6 is 0 Å². The number of piperazine rings is 1. The number of fused-ring (bicyclic) bond motifs is 2. The van der Waals surface area contributed by atoms with Gasteiger partial charge in [-0.25, -0.2) is 4.98 Å². The fraction of sp³-hybridized carbons (Fsp3) is 0.457. The van der Waals surface area contributed by atoms with Gasteiger partial charge in [0.15, 0.2) is 0 Å². The molecule has 3 fully saturated rings. The Bertz CT molecular complexity index is 1920. The quantitative estimate of drug-likeness (QED) is 0.295. The van der Waals surface area contributed by atoms with Crippen LogP contribution in [0.5, 0.6) is 0 Å². The molecule has 1 aromatic carbocycles. The lowest BCUT2D eigenvalue weighted by Gasteiger charge is -2.38. The third-order valence-corrected chi connectivity index (χ3v) is 12.7. The molecule has 0 radical (unpaired) electrons. The summed E-state index contributed by atoms with van der Waals surface area (Å²) in [5.74, 6) is 4.61. The van der Waals surface area contributed by atoms with Crippen LogP contribution in [0.1, 0.15) is 38.2 Å². The van der Waals surface area contributed by atoms with E-state index in [1.165, 1.54) is 25.1 Å². The number of rotatable bonds is 7. The van der Waals surface area contributed by atoms with Crippen LogP contribution in [0.25, 0.3) is 22.3 Å². The lowest BCUT2D eigenvalue weighted by atomic mass is 10.1. The average Bonchev–Trinajstić information content (AvgIpc) is 3.53. The molecule has 3 aliphatic rings. The zero-order chi connectivity index (χ0) is 32.0. The van der Waals surface area contributed by atoms with Crippen LogP contribution in [0, 0.1) is 6.92 Å². The van der Waals surface area contributed by atoms with Crippen LogP contribution in [0.4, 0.5) is 17.3 Å². The predicted molar refractivity (Wildman–Crippen MR) is 188 cm³/mol. The van der Waals surface area contributed by atoms with Gasteiger partial charge in [0.1, 0.15) is 5.65 Å². The van der Waals surface area contributed by atoms with E-state index in [1.54, 1.807) is 17.0 Å². The van der Waals surface area contributed by atoms with Crippen molar-refractivity contribution in [3.63, 3.8) is 0 Å². The van der Waals surface area contributed by atoms with Crippen molar-refractivity contribution in [2.45, 2.75) is 62.3 Å². The third-order valence-electron chi connectivity index (χ3n) is 10.1. The highest BCUT2D eigenvalue weighted by Gasteiger charge is 2.31. The molecule has 242 valence electrons. The minimum Gasteiger partial charge on any atom is -0.369 e. The van der Waals surface area contributed by atoms with E-state index < -0.39 is 9.52 Å². The van der Waals surface area contributed by atoms with Gasteiger partial charge in [-0.15, -0.1) is 0 Å². The van der Waals surface area contributed by atoms with Crippen LogP contribution in [-0.2, 0) is 16.1 Å². The number of hydrogen-bond donors (Lipinski definition) is 1. The van der Waals surface area contributed by atoms with E-state index in [9.17, 15) is 9.00 Å². The zero-order valence-corrected chi connectivity index (χ0v) is 27.9. The standard InChI is InChI=1S/C35H44N8O2S/c1-5-43-33-25(20-31(34(43)44)32-24(2)19-30(22-36-32)46(4,45)29-12-15-40(3)16-13-29)21-37-35(39-33)38-26-8-10-27(11-9-26)42-18-17-41-14-6-7-28(41)23-42/h8-11,19-22,28-29H,4-7,12-18,23H2,1-3H3,(H,37,38,39). The topological polar surface area (TPSA) is 99.5 Å². The first-order valence-corrected chi connectivity index (χ1v) is 18.3. The third kappa shape index (κ3) is 5.80. The molecule has 2 unspecified atom stereocenters. The van der Waals surface area contributed by atoms with Crippen LogP contribution in [-0.4, -0.2) is 97.0 Å². The van der Waals surface area contributed by atoms with E-state index in [1.807, 2.05) is 26.0 Å². The van der Waals surface area contributed by atoms with Crippen LogP contribution in [0.15, 0.2) is 58.5 Å². The van der Waals surface area contributed by atoms with Crippen molar-refractivity contribution in [1.82, 2.24) is 29.3 Å². The summed E-state index contributed by atoms with van der Waals surface area (Å²) in [5, 5.41) is 4.10. The fourth-order valence-electron chi connectivity index (χ4n) is 7.37. The van der Waals surface area contributed by atoms with E-state index in [0.29, 0.717) is 40.3 Å². The maximum absolute atomic E-state index is 13.8. The number of piperidine rings is 1. The van der Waals surface area contributed by atoms with Gasteiger partial charge in [0.25, 0.3) is 5.56 Å². The molecule has 10 nitrogen and oxygen atoms in total. The maximum Gasteiger partial charge on any atom is 0.261 e. The molecular formula is C35H44N8O2S. The van der Waals surface area contributed by atoms with Crippen molar-refractivity contribution in [1.29, 1.82) is 0 Å². The Labute approximate surface area is 271 Å². The number of hydrogen-bond acceptors (Lipinski definition) is 9. The van der Waals surface area contributed by atoms with Gasteiger partial charge < -0.3 is 15.1 Å². The highest BCUT2D eigenvalue weighted by molar-refractivity contribution is 8.00. The first-order chi connectivity index (χ1) is 22.2. The highest BCUT2D eigenvalue weighted by atomic mass is 32.2. The van der Waals surface area contributed by atoms with E-state index in [4.69, 9.17) is 9.97 Å². The predicted octanol–water partition coefficient (Wildman–Crippen LogP) is 4.38. The molecule has 7 rings (SSSR count). The van der Waals surface area contributed by atoms with Crippen molar-refractivity contribution >= 4 is 43.7 Å². The lowest BCUT2D eigenvalue weighted by molar-refractivity contribution is 0.231. The van der Waals surface area contributed by atoms with Crippen molar-refractivity contribution in [3.05, 3.63) is 64.7 Å². The Kier molecular flexibility index (Phi) is 8.33. The van der Waals surface area contributed by atoms with Crippen molar-refractivity contribution in [2.24, 2.45) is 0 Å². The summed E-state index contributed by atoms with van der Waals surface area (Å²) in [6.45, 7) is 10.6. The summed E-state index contributed by atoms with van der Waals surface area (Å²) in [4.78, 5) is 35.9. The van der Waals surface area contributed by atoms with Gasteiger partial charge in [-0.05, 0) is 114 Å². The summed E-state index contributed by atoms with van der Waals surface area (Å²) in [7, 11) is -0.420. The van der Waals surface area contributed by atoms with E-state index in [-0.39, 0.29) is 10.8 Å². The van der Waals surface area contributed by atoms with Crippen LogP contribution in [0.2, 0.25) is 0 Å². The first-order valence-electron chi connectivity index (χ1n) is 16.5. The monoisotopic (exact) mass is 640 g/mol. The van der Waals surface area contributed by atoms with Gasteiger partial charge in [-0.3, -0.25) is 23.5 Å². The molecule has 0 spiro atoms. The number of anilines is 3. The van der Waals surface area contributed by atoms with Gasteiger partial charge in [-0.1, -0.05) is 0 Å². The Balaban J connectivity index is 1.12. The van der Waals surface area contributed by atoms with E-state index >= 15 is 0 Å². The first kappa shape index (κ1) is 30.8. The minimum absolute atomic E-state index is 0.0272.